The average Bonchev–Trinajstić information content (AvgIpc) is 1.96. The minimum atomic E-state index is -1.92. The number of quaternary nitrogens is 1. The highest BCUT2D eigenvalue weighted by atomic mass is 32.1. The molecule has 0 amide bonds. The van der Waals surface area contributed by atoms with E-state index in [2.05, 4.69) is 12.6 Å². The maximum atomic E-state index is 11.8. The standard InChI is InChI=1S/C10H19NO4S/c1-7(16)9(14)10(15,5-8(12)13)6-11(2,3)4/h7,15H,5-6H2,1-4H3,(H-,12,13,16). The SMILES string of the molecule is CC(S)C(=O)C(O)(CC(=O)[O-])C[N+](C)(C)C. The lowest BCUT2D eigenvalue weighted by Crippen LogP contribution is -2.57. The number of ketones is 1. The van der Waals surface area contributed by atoms with Gasteiger partial charge in [0.15, 0.2) is 11.4 Å². The van der Waals surface area contributed by atoms with Crippen LogP contribution in [0.1, 0.15) is 13.3 Å². The van der Waals surface area contributed by atoms with E-state index in [0.29, 0.717) is 0 Å². The summed E-state index contributed by atoms with van der Waals surface area (Å²) in [6, 6.07) is 0. The van der Waals surface area contributed by atoms with E-state index in [1.807, 2.05) is 0 Å². The number of carboxylic acid groups (broad SMARTS) is 1. The summed E-state index contributed by atoms with van der Waals surface area (Å²) in [4.78, 5) is 22.3. The molecule has 0 aromatic rings. The highest BCUT2D eigenvalue weighted by Gasteiger charge is 2.42. The van der Waals surface area contributed by atoms with Crippen LogP contribution in [0.4, 0.5) is 0 Å². The lowest BCUT2D eigenvalue weighted by Gasteiger charge is -2.35. The van der Waals surface area contributed by atoms with Gasteiger partial charge in [-0.15, -0.1) is 0 Å². The van der Waals surface area contributed by atoms with Gasteiger partial charge in [0.1, 0.15) is 6.54 Å². The van der Waals surface area contributed by atoms with E-state index in [0.717, 1.165) is 0 Å². The number of aliphatic carboxylic acids is 1. The summed E-state index contributed by atoms with van der Waals surface area (Å²) in [6.07, 6.45) is -0.702. The number of nitrogens with zero attached hydrogens (tertiary/aromatic N) is 1. The minimum absolute atomic E-state index is 0.00468. The molecule has 2 unspecified atom stereocenters. The highest BCUT2D eigenvalue weighted by molar-refractivity contribution is 7.81. The quantitative estimate of drug-likeness (QED) is 0.441. The second-order valence-electron chi connectivity index (χ2n) is 5.07. The van der Waals surface area contributed by atoms with Crippen LogP contribution in [0.5, 0.6) is 0 Å². The molecule has 0 heterocycles. The molecule has 6 heteroatoms. The Balaban J connectivity index is 5.03. The molecule has 0 bridgehead atoms. The number of carbonyl (C=O) groups is 2. The molecule has 0 aromatic carbocycles. The first-order valence-corrected chi connectivity index (χ1v) is 5.45. The van der Waals surface area contributed by atoms with Crippen molar-refractivity contribution >= 4 is 24.4 Å². The first-order chi connectivity index (χ1) is 6.98. The van der Waals surface area contributed by atoms with E-state index in [4.69, 9.17) is 0 Å². The van der Waals surface area contributed by atoms with Crippen LogP contribution >= 0.6 is 12.6 Å². The van der Waals surface area contributed by atoms with Crippen molar-refractivity contribution in [2.45, 2.75) is 24.2 Å². The van der Waals surface area contributed by atoms with Gasteiger partial charge < -0.3 is 19.5 Å². The molecule has 5 nitrogen and oxygen atoms in total. The lowest BCUT2D eigenvalue weighted by atomic mass is 9.91. The zero-order valence-corrected chi connectivity index (χ0v) is 11.0. The number of Topliss-reactive ketones (excluding diaryl/α,β-unsaturated/α-hetero) is 1. The van der Waals surface area contributed by atoms with Crippen molar-refractivity contribution in [2.24, 2.45) is 0 Å². The number of rotatable bonds is 6. The van der Waals surface area contributed by atoms with Gasteiger partial charge >= 0.3 is 0 Å². The van der Waals surface area contributed by atoms with Crippen molar-refractivity contribution in [3.05, 3.63) is 0 Å². The fourth-order valence-electron chi connectivity index (χ4n) is 1.63. The molecule has 0 aliphatic rings. The predicted octanol–water partition coefficient (Wildman–Crippen LogP) is -1.55. The lowest BCUT2D eigenvalue weighted by molar-refractivity contribution is -0.875. The number of carboxylic acids is 1. The molecule has 2 atom stereocenters. The van der Waals surface area contributed by atoms with Crippen LogP contribution in [0, 0.1) is 0 Å². The van der Waals surface area contributed by atoms with E-state index in [9.17, 15) is 19.8 Å². The van der Waals surface area contributed by atoms with E-state index in [1.165, 1.54) is 6.92 Å². The second-order valence-corrected chi connectivity index (χ2v) is 5.84. The number of thiol groups is 1. The van der Waals surface area contributed by atoms with Gasteiger partial charge in [0.25, 0.3) is 0 Å². The molecule has 0 saturated heterocycles. The first-order valence-electron chi connectivity index (χ1n) is 4.93. The number of hydrogen-bond donors (Lipinski definition) is 2. The molecule has 0 fully saturated rings. The van der Waals surface area contributed by atoms with Gasteiger partial charge in [-0.3, -0.25) is 4.79 Å². The van der Waals surface area contributed by atoms with Gasteiger partial charge in [0.05, 0.1) is 26.4 Å². The summed E-state index contributed by atoms with van der Waals surface area (Å²) >= 11 is 3.93. The maximum Gasteiger partial charge on any atom is 0.182 e. The van der Waals surface area contributed by atoms with Crippen LogP contribution in [0.15, 0.2) is 0 Å². The minimum Gasteiger partial charge on any atom is -0.550 e. The Bertz CT molecular complexity index is 285. The third kappa shape index (κ3) is 4.96. The third-order valence-electron chi connectivity index (χ3n) is 2.01. The van der Waals surface area contributed by atoms with Crippen molar-refractivity contribution < 1.29 is 24.3 Å². The molecule has 0 radical (unpaired) electrons. The fraction of sp³-hybridized carbons (Fsp3) is 0.800. The van der Waals surface area contributed by atoms with Crippen LogP contribution in [0.3, 0.4) is 0 Å². The molecule has 16 heavy (non-hydrogen) atoms. The van der Waals surface area contributed by atoms with Gasteiger partial charge in [0, 0.05) is 12.4 Å². The van der Waals surface area contributed by atoms with Crippen LogP contribution in [0.25, 0.3) is 0 Å². The Morgan fingerprint density at radius 1 is 1.44 bits per heavy atom. The summed E-state index contributed by atoms with van der Waals surface area (Å²) < 4.78 is 0.274. The number of carbonyl (C=O) groups excluding carboxylic acids is 2. The van der Waals surface area contributed by atoms with Crippen molar-refractivity contribution in [2.75, 3.05) is 27.7 Å². The molecule has 0 aromatic heterocycles. The van der Waals surface area contributed by atoms with Crippen LogP contribution < -0.4 is 5.11 Å². The van der Waals surface area contributed by atoms with Gasteiger partial charge in [0.2, 0.25) is 0 Å². The average molecular weight is 249 g/mol. The van der Waals surface area contributed by atoms with Gasteiger partial charge in [-0.05, 0) is 6.92 Å². The molecule has 0 rings (SSSR count). The molecule has 0 spiro atoms. The van der Waals surface area contributed by atoms with Crippen LogP contribution in [-0.2, 0) is 9.59 Å². The molecular formula is C10H19NO4S. The summed E-state index contributed by atoms with van der Waals surface area (Å²) in [5.74, 6) is -2.04. The Morgan fingerprint density at radius 3 is 2.12 bits per heavy atom. The molecule has 1 N–H and O–H groups in total. The number of aliphatic hydroxyl groups is 1. The Morgan fingerprint density at radius 2 is 1.88 bits per heavy atom. The van der Waals surface area contributed by atoms with Crippen LogP contribution in [0.2, 0.25) is 0 Å². The highest BCUT2D eigenvalue weighted by Crippen LogP contribution is 2.19. The molecular weight excluding hydrogens is 230 g/mol. The zero-order valence-electron chi connectivity index (χ0n) is 10.1. The van der Waals surface area contributed by atoms with Gasteiger partial charge in [-0.1, -0.05) is 0 Å². The Labute approximate surface area is 101 Å². The maximum absolute atomic E-state index is 11.8. The molecule has 0 aliphatic heterocycles. The first kappa shape index (κ1) is 15.4. The van der Waals surface area contributed by atoms with E-state index in [-0.39, 0.29) is 11.0 Å². The van der Waals surface area contributed by atoms with Crippen molar-refractivity contribution in [3.8, 4) is 0 Å². The van der Waals surface area contributed by atoms with Crippen molar-refractivity contribution in [1.82, 2.24) is 0 Å². The summed E-state index contributed by atoms with van der Waals surface area (Å²) in [6.45, 7) is 1.51. The zero-order chi connectivity index (χ0) is 13.1. The molecule has 0 aliphatic carbocycles. The van der Waals surface area contributed by atoms with Gasteiger partial charge in [-0.25, -0.2) is 0 Å². The van der Waals surface area contributed by atoms with Crippen LogP contribution in [-0.4, -0.2) is 59.9 Å². The summed E-state index contributed by atoms with van der Waals surface area (Å²) in [5, 5.41) is 20.0. The summed E-state index contributed by atoms with van der Waals surface area (Å²) in [7, 11) is 5.28. The Kier molecular flexibility index (Phi) is 4.97. The Hall–Kier alpha value is -0.590. The second kappa shape index (κ2) is 5.16. The normalized spacial score (nSPS) is 17.6. The van der Waals surface area contributed by atoms with Gasteiger partial charge in [-0.2, -0.15) is 12.6 Å². The largest absolute Gasteiger partial charge is 0.550 e. The summed E-state index contributed by atoms with van der Waals surface area (Å²) in [5.41, 5.74) is -1.92. The van der Waals surface area contributed by atoms with E-state index >= 15 is 0 Å². The topological polar surface area (TPSA) is 77.4 Å². The fourth-order valence-corrected chi connectivity index (χ4v) is 1.87. The number of likely N-dealkylation sites (N-methyl/N-ethyl adjacent to an activating group) is 1. The molecule has 0 saturated carbocycles. The van der Waals surface area contributed by atoms with Crippen molar-refractivity contribution in [3.63, 3.8) is 0 Å². The smallest absolute Gasteiger partial charge is 0.182 e. The number of hydrogen-bond acceptors (Lipinski definition) is 5. The molecule has 94 valence electrons. The monoisotopic (exact) mass is 249 g/mol. The van der Waals surface area contributed by atoms with E-state index in [1.54, 1.807) is 21.1 Å². The van der Waals surface area contributed by atoms with Crippen molar-refractivity contribution in [1.29, 1.82) is 0 Å². The third-order valence-corrected chi connectivity index (χ3v) is 2.25. The van der Waals surface area contributed by atoms with E-state index < -0.39 is 29.0 Å². The predicted molar refractivity (Wildman–Crippen MR) is 60.9 cm³/mol.